The average Bonchev–Trinajstić information content (AvgIpc) is 2.51. The third kappa shape index (κ3) is 2.88. The second-order valence-corrected chi connectivity index (χ2v) is 4.57. The molecule has 1 heterocycles. The summed E-state index contributed by atoms with van der Waals surface area (Å²) in [6, 6.07) is -1.21. The summed E-state index contributed by atoms with van der Waals surface area (Å²) in [5, 5.41) is 2.70. The van der Waals surface area contributed by atoms with Gasteiger partial charge in [-0.3, -0.25) is 0 Å². The fourth-order valence-corrected chi connectivity index (χ4v) is 2.20. The topological polar surface area (TPSA) is 21.3 Å². The van der Waals surface area contributed by atoms with E-state index >= 15 is 0 Å². The van der Waals surface area contributed by atoms with Crippen LogP contribution < -0.4 is 5.32 Å². The van der Waals surface area contributed by atoms with Crippen molar-refractivity contribution in [2.24, 2.45) is 0 Å². The Hall–Kier alpha value is -1.63. The van der Waals surface area contributed by atoms with Gasteiger partial charge in [-0.25, -0.2) is 22.0 Å². The first-order chi connectivity index (χ1) is 9.99. The van der Waals surface area contributed by atoms with Crippen LogP contribution in [0.1, 0.15) is 31.4 Å². The molecule has 0 fully saturated rings. The van der Waals surface area contributed by atoms with Crippen LogP contribution in [0.25, 0.3) is 0 Å². The highest BCUT2D eigenvalue weighted by Gasteiger charge is 2.32. The number of hydrogen-bond acceptors (Lipinski definition) is 2. The van der Waals surface area contributed by atoms with Crippen LogP contribution in [0.15, 0.2) is 11.8 Å². The van der Waals surface area contributed by atoms with Gasteiger partial charge in [0.1, 0.15) is 5.76 Å². The van der Waals surface area contributed by atoms with E-state index in [1.165, 1.54) is 0 Å². The molecule has 1 unspecified atom stereocenters. The molecule has 1 aromatic carbocycles. The lowest BCUT2D eigenvalue weighted by Crippen LogP contribution is -2.28. The molecular weight excluding hydrogens is 293 g/mol. The highest BCUT2D eigenvalue weighted by molar-refractivity contribution is 5.32. The summed E-state index contributed by atoms with van der Waals surface area (Å²) in [6.45, 7) is 2.26. The number of halogens is 5. The first kappa shape index (κ1) is 15.8. The van der Waals surface area contributed by atoms with Crippen LogP contribution in [-0.2, 0) is 4.74 Å². The number of nitrogens with one attached hydrogen (secondary N) is 1. The van der Waals surface area contributed by atoms with Crippen LogP contribution in [0.2, 0.25) is 0 Å². The molecule has 1 aromatic rings. The van der Waals surface area contributed by atoms with E-state index in [1.807, 2.05) is 0 Å². The van der Waals surface area contributed by atoms with E-state index in [-0.39, 0.29) is 12.3 Å². The van der Waals surface area contributed by atoms with Gasteiger partial charge in [-0.1, -0.05) is 6.92 Å². The second kappa shape index (κ2) is 6.43. The summed E-state index contributed by atoms with van der Waals surface area (Å²) in [4.78, 5) is 0. The van der Waals surface area contributed by atoms with Gasteiger partial charge in [0.25, 0.3) is 0 Å². The van der Waals surface area contributed by atoms with Crippen LogP contribution in [0.3, 0.4) is 0 Å². The average molecular weight is 307 g/mol. The lowest BCUT2D eigenvalue weighted by Gasteiger charge is -2.25. The maximum atomic E-state index is 13.9. The molecule has 0 aromatic heterocycles. The van der Waals surface area contributed by atoms with Gasteiger partial charge >= 0.3 is 0 Å². The van der Waals surface area contributed by atoms with Crippen LogP contribution >= 0.6 is 0 Å². The van der Waals surface area contributed by atoms with Gasteiger partial charge < -0.3 is 10.1 Å². The minimum absolute atomic E-state index is 0.173. The van der Waals surface area contributed by atoms with Crippen molar-refractivity contribution in [3.8, 4) is 0 Å². The third-order valence-corrected chi connectivity index (χ3v) is 3.19. The maximum Gasteiger partial charge on any atom is 0.200 e. The Bertz CT molecular complexity index is 544. The molecule has 1 aliphatic rings. The Labute approximate surface area is 118 Å². The molecular formula is C14H14F5NO. The minimum Gasteiger partial charge on any atom is -0.496 e. The number of rotatable bonds is 4. The maximum absolute atomic E-state index is 13.9. The van der Waals surface area contributed by atoms with Gasteiger partial charge in [-0.15, -0.1) is 0 Å². The predicted octanol–water partition coefficient (Wildman–Crippen LogP) is 3.73. The lowest BCUT2D eigenvalue weighted by atomic mass is 10.0. The molecule has 0 bridgehead atoms. The van der Waals surface area contributed by atoms with E-state index in [1.54, 1.807) is 13.0 Å². The Morgan fingerprint density at radius 2 is 1.62 bits per heavy atom. The molecule has 1 aliphatic heterocycles. The summed E-state index contributed by atoms with van der Waals surface area (Å²) in [7, 11) is 0. The second-order valence-electron chi connectivity index (χ2n) is 4.57. The number of likely N-dealkylation sites (N-methyl/N-ethyl adjacent to an activating group) is 1. The van der Waals surface area contributed by atoms with Crippen molar-refractivity contribution in [2.75, 3.05) is 13.2 Å². The highest BCUT2D eigenvalue weighted by atomic mass is 19.2. The zero-order valence-corrected chi connectivity index (χ0v) is 11.3. The molecule has 116 valence electrons. The van der Waals surface area contributed by atoms with Crippen LogP contribution in [0.5, 0.6) is 0 Å². The van der Waals surface area contributed by atoms with Gasteiger partial charge in [0.05, 0.1) is 18.2 Å². The lowest BCUT2D eigenvalue weighted by molar-refractivity contribution is 0.165. The standard InChI is InChI=1S/C14H14F5NO/c1-2-20-14(7-5-3-4-6-21-7)8-9(15)11(17)13(19)12(18)10(8)16/h5,14,20H,2-4,6H2,1H3. The molecule has 1 N–H and O–H groups in total. The van der Waals surface area contributed by atoms with Crippen molar-refractivity contribution in [2.45, 2.75) is 25.8 Å². The molecule has 0 saturated carbocycles. The summed E-state index contributed by atoms with van der Waals surface area (Å²) >= 11 is 0. The smallest absolute Gasteiger partial charge is 0.200 e. The molecule has 1 atom stereocenters. The fourth-order valence-electron chi connectivity index (χ4n) is 2.20. The van der Waals surface area contributed by atoms with E-state index in [4.69, 9.17) is 4.74 Å². The van der Waals surface area contributed by atoms with Crippen molar-refractivity contribution in [1.82, 2.24) is 5.32 Å². The van der Waals surface area contributed by atoms with Gasteiger partial charge in [-0.05, 0) is 25.5 Å². The van der Waals surface area contributed by atoms with E-state index in [0.29, 0.717) is 13.0 Å². The zero-order chi connectivity index (χ0) is 15.6. The van der Waals surface area contributed by atoms with E-state index in [0.717, 1.165) is 6.42 Å². The largest absolute Gasteiger partial charge is 0.496 e. The fraction of sp³-hybridized carbons (Fsp3) is 0.429. The van der Waals surface area contributed by atoms with E-state index in [2.05, 4.69) is 5.32 Å². The Kier molecular flexibility index (Phi) is 4.82. The van der Waals surface area contributed by atoms with Crippen LogP contribution in [-0.4, -0.2) is 13.2 Å². The molecule has 2 nitrogen and oxygen atoms in total. The number of hydrogen-bond donors (Lipinski definition) is 1. The molecule has 21 heavy (non-hydrogen) atoms. The summed E-state index contributed by atoms with van der Waals surface area (Å²) < 4.78 is 72.8. The van der Waals surface area contributed by atoms with Crippen molar-refractivity contribution < 1.29 is 26.7 Å². The molecule has 0 radical (unpaired) electrons. The van der Waals surface area contributed by atoms with Gasteiger partial charge in [0.2, 0.25) is 5.82 Å². The van der Waals surface area contributed by atoms with Crippen molar-refractivity contribution in [3.05, 3.63) is 46.5 Å². The first-order valence-corrected chi connectivity index (χ1v) is 6.56. The highest BCUT2D eigenvalue weighted by Crippen LogP contribution is 2.33. The SMILES string of the molecule is CCNC(C1=CCCCO1)c1c(F)c(F)c(F)c(F)c1F. The van der Waals surface area contributed by atoms with Gasteiger partial charge in [0.15, 0.2) is 23.3 Å². The molecule has 0 aliphatic carbocycles. The Morgan fingerprint density at radius 3 is 2.10 bits per heavy atom. The van der Waals surface area contributed by atoms with E-state index < -0.39 is 40.7 Å². The van der Waals surface area contributed by atoms with E-state index in [9.17, 15) is 22.0 Å². The van der Waals surface area contributed by atoms with Gasteiger partial charge in [-0.2, -0.15) is 0 Å². The first-order valence-electron chi connectivity index (χ1n) is 6.56. The van der Waals surface area contributed by atoms with Crippen molar-refractivity contribution >= 4 is 0 Å². The summed E-state index contributed by atoms with van der Waals surface area (Å²) in [5.41, 5.74) is -0.915. The molecule has 2 rings (SSSR count). The number of allylic oxidation sites excluding steroid dienone is 1. The van der Waals surface area contributed by atoms with Gasteiger partial charge in [0, 0.05) is 0 Å². The monoisotopic (exact) mass is 307 g/mol. The molecule has 0 spiro atoms. The number of benzene rings is 1. The molecule has 0 saturated heterocycles. The third-order valence-electron chi connectivity index (χ3n) is 3.19. The Balaban J connectivity index is 2.57. The Morgan fingerprint density at radius 1 is 1.05 bits per heavy atom. The van der Waals surface area contributed by atoms with Crippen LogP contribution in [0, 0.1) is 29.1 Å². The molecule has 0 amide bonds. The minimum atomic E-state index is -2.16. The van der Waals surface area contributed by atoms with Crippen molar-refractivity contribution in [1.29, 1.82) is 0 Å². The zero-order valence-electron chi connectivity index (χ0n) is 11.3. The number of ether oxygens (including phenoxy) is 1. The normalized spacial score (nSPS) is 16.4. The summed E-state index contributed by atoms with van der Waals surface area (Å²) in [6.07, 6.45) is 2.95. The van der Waals surface area contributed by atoms with Crippen LogP contribution in [0.4, 0.5) is 22.0 Å². The molecule has 7 heteroatoms. The van der Waals surface area contributed by atoms with Crippen molar-refractivity contribution in [3.63, 3.8) is 0 Å². The predicted molar refractivity (Wildman–Crippen MR) is 65.9 cm³/mol. The quantitative estimate of drug-likeness (QED) is 0.520. The summed E-state index contributed by atoms with van der Waals surface area (Å²) in [5.74, 6) is -9.58.